The minimum absolute atomic E-state index is 0.0138. The lowest BCUT2D eigenvalue weighted by atomic mass is 10.1. The van der Waals surface area contributed by atoms with Gasteiger partial charge >= 0.3 is 0 Å². The highest BCUT2D eigenvalue weighted by Gasteiger charge is 2.38. The Morgan fingerprint density at radius 1 is 1.69 bits per heavy atom. The SMILES string of the molecule is CCOC(C1CC1)C(NN)c1sccc1Cl. The number of nitrogens with one attached hydrogen (secondary N) is 1. The quantitative estimate of drug-likeness (QED) is 0.611. The van der Waals surface area contributed by atoms with Crippen molar-refractivity contribution in [3.05, 3.63) is 21.3 Å². The Kier molecular flexibility index (Phi) is 4.21. The second-order valence-corrected chi connectivity index (χ2v) is 5.39. The van der Waals surface area contributed by atoms with Gasteiger partial charge in [0, 0.05) is 11.5 Å². The van der Waals surface area contributed by atoms with E-state index >= 15 is 0 Å². The molecule has 0 spiro atoms. The number of halogens is 1. The van der Waals surface area contributed by atoms with Crippen molar-refractivity contribution in [3.8, 4) is 0 Å². The zero-order valence-electron chi connectivity index (χ0n) is 9.28. The van der Waals surface area contributed by atoms with E-state index in [1.54, 1.807) is 11.3 Å². The van der Waals surface area contributed by atoms with Gasteiger partial charge in [-0.1, -0.05) is 11.6 Å². The summed E-state index contributed by atoms with van der Waals surface area (Å²) in [5.74, 6) is 6.27. The van der Waals surface area contributed by atoms with Crippen LogP contribution in [0, 0.1) is 5.92 Å². The number of thiophene rings is 1. The molecule has 3 N–H and O–H groups in total. The molecule has 0 radical (unpaired) electrons. The van der Waals surface area contributed by atoms with Crippen molar-refractivity contribution in [1.82, 2.24) is 5.43 Å². The third-order valence-electron chi connectivity index (χ3n) is 2.88. The third-order valence-corrected chi connectivity index (χ3v) is 4.32. The zero-order valence-corrected chi connectivity index (χ0v) is 10.9. The van der Waals surface area contributed by atoms with E-state index in [4.69, 9.17) is 22.2 Å². The molecule has 1 aromatic rings. The molecule has 1 heterocycles. The number of hydrazine groups is 1. The Bertz CT molecular complexity index is 340. The average Bonchev–Trinajstić information content (AvgIpc) is 3.03. The summed E-state index contributed by atoms with van der Waals surface area (Å²) in [6.07, 6.45) is 2.60. The minimum Gasteiger partial charge on any atom is -0.376 e. The smallest absolute Gasteiger partial charge is 0.0832 e. The molecule has 2 atom stereocenters. The van der Waals surface area contributed by atoms with Gasteiger partial charge in [-0.2, -0.15) is 0 Å². The maximum absolute atomic E-state index is 6.14. The van der Waals surface area contributed by atoms with E-state index in [1.165, 1.54) is 12.8 Å². The van der Waals surface area contributed by atoms with Gasteiger partial charge in [-0.05, 0) is 37.1 Å². The van der Waals surface area contributed by atoms with Crippen LogP contribution < -0.4 is 11.3 Å². The van der Waals surface area contributed by atoms with Crippen LogP contribution in [0.4, 0.5) is 0 Å². The topological polar surface area (TPSA) is 47.3 Å². The third kappa shape index (κ3) is 2.57. The number of nitrogens with two attached hydrogens (primary N) is 1. The van der Waals surface area contributed by atoms with Crippen molar-refractivity contribution >= 4 is 22.9 Å². The van der Waals surface area contributed by atoms with Gasteiger partial charge in [-0.25, -0.2) is 5.43 Å². The van der Waals surface area contributed by atoms with Crippen LogP contribution in [-0.4, -0.2) is 12.7 Å². The molecular formula is C11H17ClN2OS. The summed E-state index contributed by atoms with van der Waals surface area (Å²) in [5.41, 5.74) is 2.85. The molecule has 16 heavy (non-hydrogen) atoms. The van der Waals surface area contributed by atoms with Crippen molar-refractivity contribution in [3.63, 3.8) is 0 Å². The maximum Gasteiger partial charge on any atom is 0.0832 e. The first-order valence-corrected chi connectivity index (χ1v) is 6.84. The van der Waals surface area contributed by atoms with Crippen LogP contribution in [0.5, 0.6) is 0 Å². The monoisotopic (exact) mass is 260 g/mol. The van der Waals surface area contributed by atoms with Gasteiger partial charge in [-0.3, -0.25) is 5.84 Å². The molecule has 0 aliphatic heterocycles. The lowest BCUT2D eigenvalue weighted by molar-refractivity contribution is 0.0194. The van der Waals surface area contributed by atoms with Crippen molar-refractivity contribution < 1.29 is 4.74 Å². The summed E-state index contributed by atoms with van der Waals surface area (Å²) < 4.78 is 5.80. The fourth-order valence-electron chi connectivity index (χ4n) is 1.97. The summed E-state index contributed by atoms with van der Waals surface area (Å²) >= 11 is 7.77. The van der Waals surface area contributed by atoms with E-state index in [9.17, 15) is 0 Å². The van der Waals surface area contributed by atoms with Crippen LogP contribution in [0.2, 0.25) is 5.02 Å². The Labute approximate surface area is 105 Å². The normalized spacial score (nSPS) is 19.7. The largest absolute Gasteiger partial charge is 0.376 e. The number of hydrogen-bond acceptors (Lipinski definition) is 4. The van der Waals surface area contributed by atoms with Crippen molar-refractivity contribution in [1.29, 1.82) is 0 Å². The van der Waals surface area contributed by atoms with Crippen LogP contribution in [0.15, 0.2) is 11.4 Å². The van der Waals surface area contributed by atoms with E-state index in [0.29, 0.717) is 12.5 Å². The first kappa shape index (κ1) is 12.3. The summed E-state index contributed by atoms with van der Waals surface area (Å²) in [7, 11) is 0. The molecule has 0 bridgehead atoms. The van der Waals surface area contributed by atoms with E-state index in [2.05, 4.69) is 5.43 Å². The Morgan fingerprint density at radius 3 is 2.88 bits per heavy atom. The van der Waals surface area contributed by atoms with Gasteiger partial charge in [0.05, 0.1) is 17.2 Å². The number of ether oxygens (including phenoxy) is 1. The molecule has 90 valence electrons. The van der Waals surface area contributed by atoms with Crippen LogP contribution in [0.25, 0.3) is 0 Å². The Morgan fingerprint density at radius 2 is 2.44 bits per heavy atom. The van der Waals surface area contributed by atoms with Crippen molar-refractivity contribution in [2.45, 2.75) is 31.9 Å². The standard InChI is InChI=1S/C11H17ClN2OS/c1-2-15-10(7-3-4-7)9(14-13)11-8(12)5-6-16-11/h5-7,9-10,14H,2-4,13H2,1H3. The highest BCUT2D eigenvalue weighted by molar-refractivity contribution is 7.10. The summed E-state index contributed by atoms with van der Waals surface area (Å²) in [6, 6.07) is 1.92. The van der Waals surface area contributed by atoms with Gasteiger partial charge in [0.25, 0.3) is 0 Å². The van der Waals surface area contributed by atoms with Gasteiger partial charge < -0.3 is 4.74 Å². The van der Waals surface area contributed by atoms with Crippen LogP contribution >= 0.6 is 22.9 Å². The highest BCUT2D eigenvalue weighted by Crippen LogP contribution is 2.42. The first-order valence-electron chi connectivity index (χ1n) is 5.58. The average molecular weight is 261 g/mol. The molecule has 1 aliphatic rings. The van der Waals surface area contributed by atoms with Gasteiger partial charge in [0.2, 0.25) is 0 Å². The molecule has 1 fully saturated rings. The molecule has 2 rings (SSSR count). The predicted octanol–water partition coefficient (Wildman–Crippen LogP) is 2.72. The maximum atomic E-state index is 6.14. The predicted molar refractivity (Wildman–Crippen MR) is 67.5 cm³/mol. The molecule has 1 aromatic heterocycles. The molecule has 0 saturated heterocycles. The van der Waals surface area contributed by atoms with E-state index < -0.39 is 0 Å². The highest BCUT2D eigenvalue weighted by atomic mass is 35.5. The van der Waals surface area contributed by atoms with Crippen molar-refractivity contribution in [2.75, 3.05) is 6.61 Å². The lowest BCUT2D eigenvalue weighted by Crippen LogP contribution is -2.39. The number of hydrogen-bond donors (Lipinski definition) is 2. The van der Waals surface area contributed by atoms with Gasteiger partial charge in [-0.15, -0.1) is 11.3 Å². The Balaban J connectivity index is 2.16. The fraction of sp³-hybridized carbons (Fsp3) is 0.636. The molecule has 1 aliphatic carbocycles. The van der Waals surface area contributed by atoms with Gasteiger partial charge in [0.1, 0.15) is 0 Å². The second-order valence-electron chi connectivity index (χ2n) is 4.03. The van der Waals surface area contributed by atoms with E-state index in [1.807, 2.05) is 18.4 Å². The first-order chi connectivity index (χ1) is 7.77. The summed E-state index contributed by atoms with van der Waals surface area (Å²) in [4.78, 5) is 1.08. The number of rotatable bonds is 6. The molecule has 5 heteroatoms. The molecule has 3 nitrogen and oxygen atoms in total. The Hall–Kier alpha value is -0.130. The van der Waals surface area contributed by atoms with Crippen LogP contribution in [0.1, 0.15) is 30.7 Å². The van der Waals surface area contributed by atoms with Crippen LogP contribution in [0.3, 0.4) is 0 Å². The molecule has 2 unspecified atom stereocenters. The zero-order chi connectivity index (χ0) is 11.5. The molecule has 0 aromatic carbocycles. The molecule has 0 amide bonds. The molecular weight excluding hydrogens is 244 g/mol. The lowest BCUT2D eigenvalue weighted by Gasteiger charge is -2.26. The van der Waals surface area contributed by atoms with Crippen molar-refractivity contribution in [2.24, 2.45) is 11.8 Å². The minimum atomic E-state index is 0.0138. The summed E-state index contributed by atoms with van der Waals surface area (Å²) in [6.45, 7) is 2.72. The van der Waals surface area contributed by atoms with E-state index in [-0.39, 0.29) is 12.1 Å². The second kappa shape index (κ2) is 5.47. The van der Waals surface area contributed by atoms with E-state index in [0.717, 1.165) is 9.90 Å². The fourth-order valence-corrected chi connectivity index (χ4v) is 3.24. The summed E-state index contributed by atoms with van der Waals surface area (Å²) in [5, 5.41) is 2.76. The molecule has 1 saturated carbocycles. The van der Waals surface area contributed by atoms with Gasteiger partial charge in [0.15, 0.2) is 0 Å². The van der Waals surface area contributed by atoms with Crippen LogP contribution in [-0.2, 0) is 4.74 Å².